The van der Waals surface area contributed by atoms with Crippen molar-refractivity contribution in [1.82, 2.24) is 10.2 Å². The lowest BCUT2D eigenvalue weighted by Gasteiger charge is -2.30. The minimum atomic E-state index is -0.370. The molecule has 0 saturated carbocycles. The molecule has 1 aromatic rings. The van der Waals surface area contributed by atoms with Crippen LogP contribution in [-0.2, 0) is 6.54 Å². The molecule has 4 nitrogen and oxygen atoms in total. The number of rotatable bonds is 7. The highest BCUT2D eigenvalue weighted by Crippen LogP contribution is 2.15. The predicted octanol–water partition coefficient (Wildman–Crippen LogP) is 2.00. The quantitative estimate of drug-likeness (QED) is 0.755. The molecule has 1 aromatic carbocycles. The van der Waals surface area contributed by atoms with Crippen LogP contribution in [0.1, 0.15) is 42.1 Å². The van der Waals surface area contributed by atoms with Crippen LogP contribution in [-0.4, -0.2) is 37.0 Å². The van der Waals surface area contributed by atoms with E-state index in [1.807, 2.05) is 12.1 Å². The Morgan fingerprint density at radius 1 is 1.29 bits per heavy atom. The van der Waals surface area contributed by atoms with Gasteiger partial charge in [-0.1, -0.05) is 19.1 Å². The van der Waals surface area contributed by atoms with Gasteiger partial charge in [-0.15, -0.1) is 0 Å². The summed E-state index contributed by atoms with van der Waals surface area (Å²) < 4.78 is 0. The molecule has 1 aliphatic rings. The molecular formula is C17H27N3O. The van der Waals surface area contributed by atoms with Crippen LogP contribution in [0.3, 0.4) is 0 Å². The van der Waals surface area contributed by atoms with Gasteiger partial charge in [-0.25, -0.2) is 0 Å². The fraction of sp³-hybridized carbons (Fsp3) is 0.588. The number of hydrogen-bond acceptors (Lipinski definition) is 3. The average Bonchev–Trinajstić information content (AvgIpc) is 2.49. The summed E-state index contributed by atoms with van der Waals surface area (Å²) in [5.74, 6) is 0.535. The van der Waals surface area contributed by atoms with Crippen LogP contribution < -0.4 is 11.1 Å². The van der Waals surface area contributed by atoms with Gasteiger partial charge in [-0.05, 0) is 69.1 Å². The van der Waals surface area contributed by atoms with E-state index in [0.717, 1.165) is 19.0 Å². The van der Waals surface area contributed by atoms with Gasteiger partial charge in [0.05, 0.1) is 0 Å². The lowest BCUT2D eigenvalue weighted by Crippen LogP contribution is -2.34. The van der Waals surface area contributed by atoms with Crippen molar-refractivity contribution in [3.8, 4) is 0 Å². The third-order valence-corrected chi connectivity index (χ3v) is 4.27. The van der Waals surface area contributed by atoms with E-state index >= 15 is 0 Å². The first-order valence-corrected chi connectivity index (χ1v) is 7.97. The van der Waals surface area contributed by atoms with E-state index in [4.69, 9.17) is 5.73 Å². The Morgan fingerprint density at radius 2 is 1.95 bits per heavy atom. The van der Waals surface area contributed by atoms with Gasteiger partial charge in [0, 0.05) is 12.1 Å². The topological polar surface area (TPSA) is 58.4 Å². The first-order valence-electron chi connectivity index (χ1n) is 7.97. The summed E-state index contributed by atoms with van der Waals surface area (Å²) in [6.45, 7) is 7.94. The number of likely N-dealkylation sites (tertiary alicyclic amines) is 1. The zero-order chi connectivity index (χ0) is 15.1. The number of benzene rings is 1. The lowest BCUT2D eigenvalue weighted by atomic mass is 9.99. The Bertz CT molecular complexity index is 436. The van der Waals surface area contributed by atoms with E-state index in [0.29, 0.717) is 5.56 Å². The molecule has 1 fully saturated rings. The third-order valence-electron chi connectivity index (χ3n) is 4.27. The van der Waals surface area contributed by atoms with Crippen molar-refractivity contribution >= 4 is 5.91 Å². The van der Waals surface area contributed by atoms with Crippen LogP contribution in [0.15, 0.2) is 24.3 Å². The van der Waals surface area contributed by atoms with Crippen LogP contribution in [0, 0.1) is 5.92 Å². The molecular weight excluding hydrogens is 262 g/mol. The lowest BCUT2D eigenvalue weighted by molar-refractivity contribution is 0.100. The standard InChI is InChI=1S/C17H27N3O/c1-14-7-11-20(12-8-14)10-2-9-19-13-15-3-5-16(6-4-15)17(18)21/h3-6,14,19H,2,7-13H2,1H3,(H2,18,21). The van der Waals surface area contributed by atoms with Gasteiger partial charge in [-0.3, -0.25) is 4.79 Å². The highest BCUT2D eigenvalue weighted by molar-refractivity contribution is 5.92. The molecule has 1 heterocycles. The van der Waals surface area contributed by atoms with E-state index in [2.05, 4.69) is 17.1 Å². The summed E-state index contributed by atoms with van der Waals surface area (Å²) in [5.41, 5.74) is 6.98. The van der Waals surface area contributed by atoms with E-state index in [-0.39, 0.29) is 5.91 Å². The Kier molecular flexibility index (Phi) is 6.21. The van der Waals surface area contributed by atoms with E-state index < -0.39 is 0 Å². The highest BCUT2D eigenvalue weighted by atomic mass is 16.1. The number of hydrogen-bond donors (Lipinski definition) is 2. The molecule has 4 heteroatoms. The average molecular weight is 289 g/mol. The van der Waals surface area contributed by atoms with Crippen molar-refractivity contribution in [2.24, 2.45) is 11.7 Å². The van der Waals surface area contributed by atoms with Crippen molar-refractivity contribution in [3.63, 3.8) is 0 Å². The van der Waals surface area contributed by atoms with Gasteiger partial charge < -0.3 is 16.0 Å². The largest absolute Gasteiger partial charge is 0.366 e. The highest BCUT2D eigenvalue weighted by Gasteiger charge is 2.14. The van der Waals surface area contributed by atoms with Crippen molar-refractivity contribution in [2.75, 3.05) is 26.2 Å². The summed E-state index contributed by atoms with van der Waals surface area (Å²) in [4.78, 5) is 13.6. The molecule has 0 spiro atoms. The van der Waals surface area contributed by atoms with Gasteiger partial charge in [0.15, 0.2) is 0 Å². The molecule has 21 heavy (non-hydrogen) atoms. The molecule has 0 aromatic heterocycles. The molecule has 1 saturated heterocycles. The summed E-state index contributed by atoms with van der Waals surface area (Å²) in [7, 11) is 0. The van der Waals surface area contributed by atoms with Gasteiger partial charge in [0.25, 0.3) is 0 Å². The Labute approximate surface area is 127 Å². The minimum absolute atomic E-state index is 0.370. The fourth-order valence-electron chi connectivity index (χ4n) is 2.73. The summed E-state index contributed by atoms with van der Waals surface area (Å²) in [6, 6.07) is 7.49. The van der Waals surface area contributed by atoms with Crippen LogP contribution in [0.25, 0.3) is 0 Å². The van der Waals surface area contributed by atoms with Crippen LogP contribution in [0.4, 0.5) is 0 Å². The van der Waals surface area contributed by atoms with Crippen molar-refractivity contribution in [2.45, 2.75) is 32.7 Å². The van der Waals surface area contributed by atoms with Crippen molar-refractivity contribution in [1.29, 1.82) is 0 Å². The number of primary amides is 1. The summed E-state index contributed by atoms with van der Waals surface area (Å²) in [5, 5.41) is 3.46. The predicted molar refractivity (Wildman–Crippen MR) is 86.1 cm³/mol. The zero-order valence-corrected chi connectivity index (χ0v) is 13.0. The van der Waals surface area contributed by atoms with Crippen LogP contribution >= 0.6 is 0 Å². The summed E-state index contributed by atoms with van der Waals surface area (Å²) >= 11 is 0. The Morgan fingerprint density at radius 3 is 2.57 bits per heavy atom. The third kappa shape index (κ3) is 5.48. The number of carbonyl (C=O) groups is 1. The maximum atomic E-state index is 11.0. The molecule has 116 valence electrons. The second kappa shape index (κ2) is 8.15. The zero-order valence-electron chi connectivity index (χ0n) is 13.0. The molecule has 1 amide bonds. The number of piperidine rings is 1. The van der Waals surface area contributed by atoms with Gasteiger partial charge in [-0.2, -0.15) is 0 Å². The van der Waals surface area contributed by atoms with Crippen molar-refractivity contribution < 1.29 is 4.79 Å². The Hall–Kier alpha value is -1.39. The second-order valence-electron chi connectivity index (χ2n) is 6.12. The first-order chi connectivity index (χ1) is 10.1. The number of amides is 1. The Balaban J connectivity index is 1.58. The van der Waals surface area contributed by atoms with Gasteiger partial charge in [0.1, 0.15) is 0 Å². The SMILES string of the molecule is CC1CCN(CCCNCc2ccc(C(N)=O)cc2)CC1. The second-order valence-corrected chi connectivity index (χ2v) is 6.12. The smallest absolute Gasteiger partial charge is 0.248 e. The number of nitrogens with two attached hydrogens (primary N) is 1. The monoisotopic (exact) mass is 289 g/mol. The van der Waals surface area contributed by atoms with Crippen LogP contribution in [0.2, 0.25) is 0 Å². The molecule has 0 bridgehead atoms. The maximum absolute atomic E-state index is 11.0. The van der Waals surface area contributed by atoms with Gasteiger partial charge >= 0.3 is 0 Å². The molecule has 3 N–H and O–H groups in total. The van der Waals surface area contributed by atoms with Crippen LogP contribution in [0.5, 0.6) is 0 Å². The molecule has 0 atom stereocenters. The minimum Gasteiger partial charge on any atom is -0.366 e. The molecule has 1 aliphatic heterocycles. The molecule has 2 rings (SSSR count). The number of carbonyl (C=O) groups excluding carboxylic acids is 1. The fourth-order valence-corrected chi connectivity index (χ4v) is 2.73. The van der Waals surface area contributed by atoms with Crippen molar-refractivity contribution in [3.05, 3.63) is 35.4 Å². The number of nitrogens with one attached hydrogen (secondary N) is 1. The van der Waals surface area contributed by atoms with Gasteiger partial charge in [0.2, 0.25) is 5.91 Å². The molecule has 0 unspecified atom stereocenters. The molecule has 0 radical (unpaired) electrons. The normalized spacial score (nSPS) is 17.0. The maximum Gasteiger partial charge on any atom is 0.248 e. The first kappa shape index (κ1) is 16.0. The number of nitrogens with zero attached hydrogens (tertiary/aromatic N) is 1. The van der Waals surface area contributed by atoms with E-state index in [1.165, 1.54) is 44.5 Å². The van der Waals surface area contributed by atoms with E-state index in [1.54, 1.807) is 12.1 Å². The molecule has 0 aliphatic carbocycles. The van der Waals surface area contributed by atoms with E-state index in [9.17, 15) is 4.79 Å². The summed E-state index contributed by atoms with van der Waals surface area (Å²) in [6.07, 6.45) is 3.88.